The smallest absolute Gasteiger partial charge is 0.509 e. The molecule has 0 unspecified atom stereocenters. The Morgan fingerprint density at radius 3 is 2.00 bits per heavy atom. The van der Waals surface area contributed by atoms with Gasteiger partial charge in [0.05, 0.1) is 40.7 Å². The number of rotatable bonds is 8. The van der Waals surface area contributed by atoms with Crippen LogP contribution in [0.4, 0.5) is 22.7 Å². The van der Waals surface area contributed by atoms with E-state index in [-0.39, 0.29) is 37.9 Å². The topological polar surface area (TPSA) is 46.0 Å². The first-order valence-corrected chi connectivity index (χ1v) is 21.3. The summed E-state index contributed by atoms with van der Waals surface area (Å²) in [5.74, 6) is 1.28. The molecule has 0 spiro atoms. The summed E-state index contributed by atoms with van der Waals surface area (Å²) in [5, 5.41) is 1.84. The van der Waals surface area contributed by atoms with Crippen LogP contribution in [-0.4, -0.2) is 20.5 Å². The van der Waals surface area contributed by atoms with Gasteiger partial charge in [-0.15, -0.1) is 29.1 Å². The number of pyridine rings is 2. The molecule has 0 bridgehead atoms. The second kappa shape index (κ2) is 17.4. The molecule has 0 amide bonds. The van der Waals surface area contributed by atoms with Gasteiger partial charge in [-0.2, -0.15) is 6.07 Å². The summed E-state index contributed by atoms with van der Waals surface area (Å²) >= 11 is 0. The van der Waals surface area contributed by atoms with Gasteiger partial charge in [-0.3, -0.25) is 4.98 Å². The third kappa shape index (κ3) is 7.93. The van der Waals surface area contributed by atoms with Crippen LogP contribution in [0, 0.1) is 32.9 Å². The summed E-state index contributed by atoms with van der Waals surface area (Å²) in [4.78, 5) is 9.29. The fourth-order valence-electron chi connectivity index (χ4n) is 8.82. The predicted molar refractivity (Wildman–Crippen MR) is 271 cm³/mol. The van der Waals surface area contributed by atoms with Crippen LogP contribution in [0.3, 0.4) is 0 Å². The molecule has 6 nitrogen and oxygen atoms in total. The van der Waals surface area contributed by atoms with Gasteiger partial charge in [0.2, 0.25) is 5.69 Å². The maximum atomic E-state index is 9.50. The fraction of sp³-hybridized carbons (Fsp3) is 0.117. The van der Waals surface area contributed by atoms with E-state index < -0.39 is 101 Å². The summed E-state index contributed by atoms with van der Waals surface area (Å²) in [5.41, 5.74) is 5.97. The fourth-order valence-corrected chi connectivity index (χ4v) is 8.82. The maximum absolute atomic E-state index is 9.50. The summed E-state index contributed by atoms with van der Waals surface area (Å²) in [6.07, 6.45) is 5.34. The SMILES string of the molecule is [2H]c1c([2H])c([2H])c(-c2c([2H])c([2H])c([2H])c(-c3c([2H])c([2H])c([2H])c([2H])c3[2H])c2[N+]2=C=[N+](c3[c-]c(Oc4[c-]c5c(cc4)c4ccncc4n5-c4cc(C(C)(C)C)ccn4)cc(-c4c(C)cc(C)cc4C)c3)c3ccccc32)c([2H])c1[2H].[Pt+2]. The van der Waals surface area contributed by atoms with Crippen molar-refractivity contribution in [1.29, 1.82) is 0 Å². The molecule has 0 radical (unpaired) electrons. The Hall–Kier alpha value is -7.49. The largest absolute Gasteiger partial charge is 2.00 e. The second-order valence-corrected chi connectivity index (χ2v) is 17.2. The minimum absolute atomic E-state index is 0. The molecule has 67 heavy (non-hydrogen) atoms. The number of hydrogen-bond acceptors (Lipinski definition) is 3. The number of fused-ring (bicyclic) bond motifs is 4. The first-order valence-electron chi connectivity index (χ1n) is 27.8. The molecule has 0 fully saturated rings. The number of ether oxygens (including phenoxy) is 1. The number of aryl methyl sites for hydroxylation is 3. The molecular weight excluding hydrogens is 1000 g/mol. The van der Waals surface area contributed by atoms with Gasteiger partial charge in [-0.1, -0.05) is 139 Å². The second-order valence-electron chi connectivity index (χ2n) is 17.2. The van der Waals surface area contributed by atoms with E-state index in [2.05, 4.69) is 62.1 Å². The molecule has 0 aliphatic carbocycles. The molecule has 1 aliphatic rings. The van der Waals surface area contributed by atoms with Crippen LogP contribution >= 0.6 is 0 Å². The molecule has 3 aromatic heterocycles. The molecule has 0 saturated carbocycles. The Labute approximate surface area is 424 Å². The van der Waals surface area contributed by atoms with Crippen molar-refractivity contribution in [2.24, 2.45) is 0 Å². The molecule has 0 atom stereocenters. The van der Waals surface area contributed by atoms with E-state index >= 15 is 0 Å². The van der Waals surface area contributed by atoms with Crippen LogP contribution < -0.4 is 13.9 Å². The minimum atomic E-state index is -0.787. The Morgan fingerprint density at radius 1 is 0.657 bits per heavy atom. The number of benzene rings is 7. The molecule has 10 aromatic rings. The zero-order chi connectivity index (χ0) is 56.4. The number of nitrogens with zero attached hydrogens (tertiary/aromatic N) is 5. The van der Waals surface area contributed by atoms with Crippen LogP contribution in [0.5, 0.6) is 11.5 Å². The number of hydrogen-bond donors (Lipinski definition) is 0. The zero-order valence-electron chi connectivity index (χ0n) is 50.2. The van der Waals surface area contributed by atoms with E-state index in [1.807, 2.05) is 61.7 Å². The van der Waals surface area contributed by atoms with Crippen molar-refractivity contribution in [2.75, 3.05) is 0 Å². The van der Waals surface area contributed by atoms with E-state index in [0.29, 0.717) is 34.1 Å². The molecular formula is C60H47N5OPt+2. The average Bonchev–Trinajstić information content (AvgIpc) is 4.11. The molecule has 1 aliphatic heterocycles. The van der Waals surface area contributed by atoms with Crippen molar-refractivity contribution >= 4 is 50.6 Å². The van der Waals surface area contributed by atoms with E-state index in [1.54, 1.807) is 47.4 Å². The summed E-state index contributed by atoms with van der Waals surface area (Å²) in [6.45, 7) is 12.5. The third-order valence-electron chi connectivity index (χ3n) is 11.7. The molecule has 7 aromatic carbocycles. The van der Waals surface area contributed by atoms with Gasteiger partial charge < -0.3 is 9.30 Å². The Bertz CT molecular complexity index is 4230. The van der Waals surface area contributed by atoms with Gasteiger partial charge in [0, 0.05) is 36.0 Å². The van der Waals surface area contributed by atoms with Gasteiger partial charge in [-0.05, 0) is 99.8 Å². The van der Waals surface area contributed by atoms with Crippen LogP contribution in [0.1, 0.15) is 60.8 Å². The number of aromatic nitrogens is 3. The maximum Gasteiger partial charge on any atom is 2.00 e. The van der Waals surface area contributed by atoms with Crippen LogP contribution in [0.25, 0.3) is 61.0 Å². The van der Waals surface area contributed by atoms with E-state index in [9.17, 15) is 2.74 Å². The van der Waals surface area contributed by atoms with Gasteiger partial charge in [-0.25, -0.2) is 4.98 Å². The minimum Gasteiger partial charge on any atom is -0.509 e. The van der Waals surface area contributed by atoms with Crippen molar-refractivity contribution in [1.82, 2.24) is 23.7 Å². The summed E-state index contributed by atoms with van der Waals surface area (Å²) in [6, 6.07) is 25.4. The van der Waals surface area contributed by atoms with E-state index in [1.165, 1.54) is 4.58 Å². The standard InChI is InChI=1S/C60H47N5O.Pt/c1-39-30-40(2)58(41(3)31-39)44-32-46(35-48(33-44)66-47-24-25-51-52-27-28-61-37-56(52)65(55(51)36-47)57-34-45(26-29-62-57)60(4,5)6)63-38-64(54-23-14-13-22-53(54)63)59-49(42-16-9-7-10-17-42)20-15-21-50(59)43-18-11-8-12-19-43;/h7-34,37H,1-6H3;/q;+2/i7D,8D,9D,10D,11D,12D,15D,16D,17D,18D,19D,20D,21D;. The monoisotopic (exact) mass is 1060 g/mol. The van der Waals surface area contributed by atoms with Crippen molar-refractivity contribution in [3.63, 3.8) is 0 Å². The van der Waals surface area contributed by atoms with Crippen LogP contribution in [-0.2, 0) is 26.5 Å². The van der Waals surface area contributed by atoms with E-state index in [0.717, 1.165) is 49.7 Å². The molecule has 326 valence electrons. The number of para-hydroxylation sites is 3. The molecule has 11 rings (SSSR count). The van der Waals surface area contributed by atoms with Crippen molar-refractivity contribution in [3.05, 3.63) is 210 Å². The third-order valence-corrected chi connectivity index (χ3v) is 11.7. The molecule has 0 saturated heterocycles. The van der Waals surface area contributed by atoms with Crippen molar-refractivity contribution < 1.29 is 43.6 Å². The quantitative estimate of drug-likeness (QED) is 0.113. The van der Waals surface area contributed by atoms with Crippen LogP contribution in [0.15, 0.2) is 176 Å². The molecule has 7 heteroatoms. The Balaban J connectivity index is 0.00000720. The average molecular weight is 1060 g/mol. The summed E-state index contributed by atoms with van der Waals surface area (Å²) in [7, 11) is 0. The van der Waals surface area contributed by atoms with Gasteiger partial charge >= 0.3 is 27.1 Å². The van der Waals surface area contributed by atoms with Crippen molar-refractivity contribution in [2.45, 2.75) is 47.0 Å². The first-order chi connectivity index (χ1) is 37.5. The first kappa shape index (κ1) is 30.7. The molecule has 0 N–H and O–H groups in total. The summed E-state index contributed by atoms with van der Waals surface area (Å²) < 4.78 is 128. The predicted octanol–water partition coefficient (Wildman–Crippen LogP) is 15.0. The Kier molecular flexibility index (Phi) is 7.95. The van der Waals surface area contributed by atoms with Gasteiger partial charge in [0.1, 0.15) is 11.5 Å². The van der Waals surface area contributed by atoms with E-state index in [4.69, 9.17) is 24.8 Å². The zero-order valence-corrected chi connectivity index (χ0v) is 39.5. The molecule has 4 heterocycles. The van der Waals surface area contributed by atoms with Gasteiger partial charge in [0.15, 0.2) is 0 Å². The normalized spacial score (nSPS) is 14.9. The van der Waals surface area contributed by atoms with Gasteiger partial charge in [0.25, 0.3) is 11.4 Å². The Morgan fingerprint density at radius 2 is 1.33 bits per heavy atom. The van der Waals surface area contributed by atoms with Crippen molar-refractivity contribution in [3.8, 4) is 50.7 Å². The van der Waals surface area contributed by atoms with Crippen LogP contribution in [0.2, 0.25) is 0 Å².